The number of aryl methyl sites for hydroxylation is 2. The summed E-state index contributed by atoms with van der Waals surface area (Å²) < 4.78 is 3.95. The number of carbonyl (C=O) groups excluding carboxylic acids is 1. The molecule has 0 bridgehead atoms. The first-order valence-corrected chi connectivity index (χ1v) is 9.62. The number of rotatable bonds is 8. The molecule has 0 atom stereocenters. The minimum Gasteiger partial charge on any atom is -0.356 e. The number of hydrogen-bond acceptors (Lipinski definition) is 5. The highest BCUT2D eigenvalue weighted by molar-refractivity contribution is 5.79. The van der Waals surface area contributed by atoms with Crippen LogP contribution >= 0.6 is 0 Å². The second-order valence-corrected chi connectivity index (χ2v) is 6.96. The molecule has 4 rings (SSSR count). The van der Waals surface area contributed by atoms with Crippen molar-refractivity contribution in [3.63, 3.8) is 0 Å². The van der Waals surface area contributed by atoms with Gasteiger partial charge in [0.1, 0.15) is 5.65 Å². The third-order valence-electron chi connectivity index (χ3n) is 5.07. The van der Waals surface area contributed by atoms with Gasteiger partial charge in [-0.25, -0.2) is 4.98 Å². The summed E-state index contributed by atoms with van der Waals surface area (Å²) in [5, 5.41) is 11.5. The number of nitrogens with zero attached hydrogens (tertiary/aromatic N) is 5. The van der Waals surface area contributed by atoms with Gasteiger partial charge in [-0.05, 0) is 32.3 Å². The van der Waals surface area contributed by atoms with Crippen molar-refractivity contribution in [2.45, 2.75) is 45.7 Å². The molecule has 0 spiro atoms. The molecular weight excluding hydrogens is 342 g/mol. The zero-order chi connectivity index (χ0) is 18.6. The van der Waals surface area contributed by atoms with Crippen LogP contribution in [0.3, 0.4) is 0 Å². The van der Waals surface area contributed by atoms with Crippen molar-refractivity contribution in [3.05, 3.63) is 30.9 Å². The maximum Gasteiger partial charge on any atom is 0.229 e. The van der Waals surface area contributed by atoms with E-state index in [9.17, 15) is 4.79 Å². The molecule has 1 saturated carbocycles. The van der Waals surface area contributed by atoms with E-state index in [1.165, 1.54) is 6.42 Å². The van der Waals surface area contributed by atoms with E-state index in [0.717, 1.165) is 49.1 Å². The summed E-state index contributed by atoms with van der Waals surface area (Å²) in [5.74, 6) is 1.01. The Morgan fingerprint density at radius 3 is 2.96 bits per heavy atom. The molecule has 3 heterocycles. The maximum absolute atomic E-state index is 11.9. The van der Waals surface area contributed by atoms with Gasteiger partial charge in [0, 0.05) is 49.5 Å². The van der Waals surface area contributed by atoms with Crippen LogP contribution in [-0.4, -0.2) is 36.8 Å². The lowest BCUT2D eigenvalue weighted by atomic mass is 9.85. The average Bonchev–Trinajstić information content (AvgIpc) is 3.24. The number of nitrogens with one attached hydrogen (secondary N) is 2. The van der Waals surface area contributed by atoms with Gasteiger partial charge in [0.15, 0.2) is 0 Å². The predicted molar refractivity (Wildman–Crippen MR) is 104 cm³/mol. The molecule has 142 valence electrons. The zero-order valence-corrected chi connectivity index (χ0v) is 15.6. The van der Waals surface area contributed by atoms with Crippen molar-refractivity contribution < 1.29 is 4.79 Å². The Hall–Kier alpha value is -2.90. The summed E-state index contributed by atoms with van der Waals surface area (Å²) in [7, 11) is 0. The van der Waals surface area contributed by atoms with Crippen molar-refractivity contribution >= 4 is 28.6 Å². The first-order chi connectivity index (χ1) is 13.2. The average molecular weight is 367 g/mol. The van der Waals surface area contributed by atoms with Crippen molar-refractivity contribution in [1.82, 2.24) is 29.6 Å². The monoisotopic (exact) mass is 367 g/mol. The Morgan fingerprint density at radius 2 is 2.22 bits per heavy atom. The highest BCUT2D eigenvalue weighted by Gasteiger charge is 2.24. The van der Waals surface area contributed by atoms with E-state index in [4.69, 9.17) is 0 Å². The fraction of sp³-hybridized carbons (Fsp3) is 0.474. The Bertz CT molecular complexity index is 925. The zero-order valence-electron chi connectivity index (χ0n) is 15.6. The smallest absolute Gasteiger partial charge is 0.229 e. The molecule has 8 heteroatoms. The lowest BCUT2D eigenvalue weighted by Gasteiger charge is -2.24. The van der Waals surface area contributed by atoms with Gasteiger partial charge in [-0.2, -0.15) is 10.1 Å². The van der Waals surface area contributed by atoms with Gasteiger partial charge in [0.05, 0.1) is 11.9 Å². The topological polar surface area (TPSA) is 89.7 Å². The normalized spacial score (nSPS) is 14.3. The summed E-state index contributed by atoms with van der Waals surface area (Å²) in [6.45, 7) is 4.36. The van der Waals surface area contributed by atoms with E-state index in [2.05, 4.69) is 30.3 Å². The number of fused-ring (bicyclic) bond motifs is 1. The molecule has 0 radical (unpaired) electrons. The summed E-state index contributed by atoms with van der Waals surface area (Å²) in [5.41, 5.74) is 1.76. The number of aromatic nitrogens is 5. The Morgan fingerprint density at radius 1 is 1.33 bits per heavy atom. The quantitative estimate of drug-likeness (QED) is 0.598. The van der Waals surface area contributed by atoms with E-state index in [0.29, 0.717) is 12.5 Å². The molecular formula is C19H25N7O. The lowest BCUT2D eigenvalue weighted by molar-refractivity contribution is -0.127. The number of amides is 1. The van der Waals surface area contributed by atoms with Crippen molar-refractivity contribution in [2.24, 2.45) is 5.92 Å². The van der Waals surface area contributed by atoms with Crippen LogP contribution in [0.4, 0.5) is 11.6 Å². The second kappa shape index (κ2) is 7.77. The second-order valence-electron chi connectivity index (χ2n) is 6.96. The van der Waals surface area contributed by atoms with Gasteiger partial charge in [-0.15, -0.1) is 0 Å². The van der Waals surface area contributed by atoms with Crippen molar-refractivity contribution in [2.75, 3.05) is 11.9 Å². The van der Waals surface area contributed by atoms with Gasteiger partial charge in [-0.3, -0.25) is 9.48 Å². The summed E-state index contributed by atoms with van der Waals surface area (Å²) >= 11 is 0. The minimum absolute atomic E-state index is 0.208. The highest BCUT2D eigenvalue weighted by Crippen LogP contribution is 2.26. The third-order valence-corrected chi connectivity index (χ3v) is 5.07. The van der Waals surface area contributed by atoms with Gasteiger partial charge in [0.25, 0.3) is 0 Å². The molecule has 1 amide bonds. The highest BCUT2D eigenvalue weighted by atomic mass is 16.1. The molecule has 0 aliphatic heterocycles. The van der Waals surface area contributed by atoms with Crippen LogP contribution in [0.15, 0.2) is 30.9 Å². The fourth-order valence-electron chi connectivity index (χ4n) is 3.22. The number of anilines is 2. The summed E-state index contributed by atoms with van der Waals surface area (Å²) in [6.07, 6.45) is 11.7. The van der Waals surface area contributed by atoms with Gasteiger partial charge in [0.2, 0.25) is 11.9 Å². The predicted octanol–water partition coefficient (Wildman–Crippen LogP) is 2.70. The van der Waals surface area contributed by atoms with Crippen molar-refractivity contribution in [3.8, 4) is 0 Å². The molecule has 8 nitrogen and oxygen atoms in total. The van der Waals surface area contributed by atoms with Gasteiger partial charge < -0.3 is 15.2 Å². The van der Waals surface area contributed by atoms with E-state index in [1.807, 2.05) is 36.3 Å². The van der Waals surface area contributed by atoms with Crippen LogP contribution in [0.1, 0.15) is 32.6 Å². The van der Waals surface area contributed by atoms with Crippen LogP contribution < -0.4 is 10.6 Å². The van der Waals surface area contributed by atoms with Crippen LogP contribution in [0, 0.1) is 5.92 Å². The standard InChI is InChI=1S/C19H25N7O/c1-2-26-13-16(12-22-26)23-19-21-11-15-7-10-25(17(15)24-19)9-4-8-20-18(27)14-5-3-6-14/h7,10-14H,2-6,8-9H2,1H3,(H,20,27)(H,21,23,24). The first kappa shape index (κ1) is 17.5. The molecule has 1 fully saturated rings. The van der Waals surface area contributed by atoms with Crippen LogP contribution in [0.25, 0.3) is 11.0 Å². The van der Waals surface area contributed by atoms with Gasteiger partial charge >= 0.3 is 0 Å². The fourth-order valence-corrected chi connectivity index (χ4v) is 3.22. The minimum atomic E-state index is 0.208. The summed E-state index contributed by atoms with van der Waals surface area (Å²) in [6, 6.07) is 2.02. The first-order valence-electron chi connectivity index (χ1n) is 9.62. The molecule has 1 aliphatic carbocycles. The van der Waals surface area contributed by atoms with Gasteiger partial charge in [-0.1, -0.05) is 6.42 Å². The molecule has 0 saturated heterocycles. The van der Waals surface area contributed by atoms with Crippen LogP contribution in [0.5, 0.6) is 0 Å². The number of hydrogen-bond donors (Lipinski definition) is 2. The third kappa shape index (κ3) is 3.94. The Kier molecular flexibility index (Phi) is 5.04. The Balaban J connectivity index is 1.37. The molecule has 0 aromatic carbocycles. The molecule has 0 unspecified atom stereocenters. The molecule has 1 aliphatic rings. The lowest BCUT2D eigenvalue weighted by Crippen LogP contribution is -2.35. The summed E-state index contributed by atoms with van der Waals surface area (Å²) in [4.78, 5) is 20.9. The number of carbonyl (C=O) groups is 1. The largest absolute Gasteiger partial charge is 0.356 e. The van der Waals surface area contributed by atoms with E-state index in [-0.39, 0.29) is 11.8 Å². The molecule has 3 aromatic heterocycles. The maximum atomic E-state index is 11.9. The molecule has 27 heavy (non-hydrogen) atoms. The van der Waals surface area contributed by atoms with Crippen molar-refractivity contribution in [1.29, 1.82) is 0 Å². The van der Waals surface area contributed by atoms with Crippen LogP contribution in [0.2, 0.25) is 0 Å². The molecule has 2 N–H and O–H groups in total. The Labute approximate surface area is 158 Å². The van der Waals surface area contributed by atoms with E-state index < -0.39 is 0 Å². The van der Waals surface area contributed by atoms with Crippen LogP contribution in [-0.2, 0) is 17.9 Å². The molecule has 3 aromatic rings. The SMILES string of the molecule is CCn1cc(Nc2ncc3ccn(CCCNC(=O)C4CCC4)c3n2)cn1. The van der Waals surface area contributed by atoms with E-state index >= 15 is 0 Å². The van der Waals surface area contributed by atoms with E-state index in [1.54, 1.807) is 6.20 Å².